The highest BCUT2D eigenvalue weighted by Crippen LogP contribution is 2.39. The molecule has 2 bridgehead atoms. The smallest absolute Gasteiger partial charge is 0.415 e. The molecule has 3 saturated heterocycles. The lowest BCUT2D eigenvalue weighted by Gasteiger charge is -2.54. The molecule has 4 fully saturated rings. The van der Waals surface area contributed by atoms with Crippen LogP contribution >= 0.6 is 11.3 Å². The van der Waals surface area contributed by atoms with Crippen molar-refractivity contribution in [3.05, 3.63) is 52.5 Å². The molecule has 160 valence electrons. The molecule has 6 heteroatoms. The number of carbonyl (C=O) groups is 1. The van der Waals surface area contributed by atoms with Crippen molar-refractivity contribution in [1.29, 1.82) is 0 Å². The SMILES string of the molecule is O=C(O[C@H]1C[N+]2(CC3CCC3)CCC1CC2)N(Cc1ccsc1)c1cccc(F)c1. The number of piperidine rings is 3. The molecule has 30 heavy (non-hydrogen) atoms. The molecule has 2 aromatic rings. The lowest BCUT2D eigenvalue weighted by Crippen LogP contribution is -2.66. The fourth-order valence-electron chi connectivity index (χ4n) is 5.50. The molecular weight excluding hydrogens is 399 g/mol. The molecule has 0 unspecified atom stereocenters. The zero-order valence-corrected chi connectivity index (χ0v) is 18.2. The van der Waals surface area contributed by atoms with Gasteiger partial charge in [-0.3, -0.25) is 4.90 Å². The number of hydrogen-bond donors (Lipinski definition) is 0. The Kier molecular flexibility index (Phi) is 5.54. The summed E-state index contributed by atoms with van der Waals surface area (Å²) in [6.45, 7) is 5.06. The van der Waals surface area contributed by atoms with Crippen LogP contribution in [0, 0.1) is 17.7 Å². The standard InChI is InChI=1S/C24H30FN2O2S/c25-21-5-2-6-22(13-21)26(14-19-9-12-30-17-19)24(28)29-23-16-27(15-18-3-1-4-18)10-7-20(23)8-11-27/h2,5-6,9,12-13,17-18,20,23H,1,3-4,7-8,10-11,14-16H2/q+1/t20?,23-,27?/m0/s1. The number of fused-ring (bicyclic) bond motifs is 3. The number of anilines is 1. The molecule has 1 amide bonds. The van der Waals surface area contributed by atoms with E-state index in [0.717, 1.165) is 35.4 Å². The van der Waals surface area contributed by atoms with Crippen LogP contribution in [-0.2, 0) is 11.3 Å². The number of benzene rings is 1. The molecule has 1 aromatic carbocycles. The Hall–Kier alpha value is -1.92. The Bertz CT molecular complexity index is 875. The van der Waals surface area contributed by atoms with Gasteiger partial charge in [-0.15, -0.1) is 0 Å². The molecule has 0 radical (unpaired) electrons. The third-order valence-electron chi connectivity index (χ3n) is 7.42. The van der Waals surface area contributed by atoms with Gasteiger partial charge >= 0.3 is 6.09 Å². The van der Waals surface area contributed by atoms with E-state index in [4.69, 9.17) is 4.74 Å². The van der Waals surface area contributed by atoms with E-state index in [1.54, 1.807) is 28.4 Å². The van der Waals surface area contributed by atoms with Gasteiger partial charge < -0.3 is 9.22 Å². The number of quaternary nitrogens is 1. The fraction of sp³-hybridized carbons (Fsp3) is 0.542. The van der Waals surface area contributed by atoms with E-state index in [0.29, 0.717) is 18.2 Å². The summed E-state index contributed by atoms with van der Waals surface area (Å²) in [5.74, 6) is 0.979. The largest absolute Gasteiger partial charge is 0.440 e. The van der Waals surface area contributed by atoms with Crippen LogP contribution in [0.15, 0.2) is 41.1 Å². The maximum atomic E-state index is 13.9. The predicted octanol–water partition coefficient (Wildman–Crippen LogP) is 5.44. The summed E-state index contributed by atoms with van der Waals surface area (Å²) in [5, 5.41) is 4.01. The monoisotopic (exact) mass is 429 g/mol. The quantitative estimate of drug-likeness (QED) is 0.572. The third-order valence-corrected chi connectivity index (χ3v) is 8.16. The number of amides is 1. The summed E-state index contributed by atoms with van der Waals surface area (Å²) in [5.41, 5.74) is 1.58. The van der Waals surface area contributed by atoms with Crippen LogP contribution in [0.2, 0.25) is 0 Å². The van der Waals surface area contributed by atoms with Gasteiger partial charge in [0.1, 0.15) is 12.4 Å². The topological polar surface area (TPSA) is 29.5 Å². The minimum atomic E-state index is -0.354. The first kappa shape index (κ1) is 20.0. The summed E-state index contributed by atoms with van der Waals surface area (Å²) in [6, 6.07) is 8.23. The third kappa shape index (κ3) is 4.12. The van der Waals surface area contributed by atoms with Gasteiger partial charge in [-0.25, -0.2) is 9.18 Å². The lowest BCUT2D eigenvalue weighted by atomic mass is 9.79. The Labute approximate surface area is 181 Å². The molecule has 1 saturated carbocycles. The fourth-order valence-corrected chi connectivity index (χ4v) is 6.16. The van der Waals surface area contributed by atoms with Gasteiger partial charge in [-0.1, -0.05) is 12.5 Å². The molecule has 6 rings (SSSR count). The van der Waals surface area contributed by atoms with E-state index >= 15 is 0 Å². The van der Waals surface area contributed by atoms with E-state index in [-0.39, 0.29) is 18.0 Å². The Balaban J connectivity index is 1.32. The molecule has 4 aliphatic rings. The van der Waals surface area contributed by atoms with Gasteiger partial charge in [-0.05, 0) is 53.4 Å². The Morgan fingerprint density at radius 1 is 1.20 bits per heavy atom. The molecule has 1 aromatic heterocycles. The highest BCUT2D eigenvalue weighted by molar-refractivity contribution is 7.07. The summed E-state index contributed by atoms with van der Waals surface area (Å²) < 4.78 is 21.2. The van der Waals surface area contributed by atoms with Crippen LogP contribution in [0.5, 0.6) is 0 Å². The van der Waals surface area contributed by atoms with Gasteiger partial charge in [0.15, 0.2) is 6.10 Å². The van der Waals surface area contributed by atoms with Crippen molar-refractivity contribution in [3.63, 3.8) is 0 Å². The highest BCUT2D eigenvalue weighted by atomic mass is 32.1. The molecule has 1 atom stereocenters. The van der Waals surface area contributed by atoms with Gasteiger partial charge in [-0.2, -0.15) is 11.3 Å². The number of rotatable bonds is 6. The highest BCUT2D eigenvalue weighted by Gasteiger charge is 2.49. The first-order valence-corrected chi connectivity index (χ1v) is 12.1. The minimum Gasteiger partial charge on any atom is -0.440 e. The van der Waals surface area contributed by atoms with E-state index < -0.39 is 0 Å². The van der Waals surface area contributed by atoms with Crippen molar-refractivity contribution in [3.8, 4) is 0 Å². The van der Waals surface area contributed by atoms with Crippen molar-refractivity contribution < 1.29 is 18.4 Å². The van der Waals surface area contributed by atoms with Gasteiger partial charge in [0.25, 0.3) is 0 Å². The van der Waals surface area contributed by atoms with Gasteiger partial charge in [0.2, 0.25) is 0 Å². The van der Waals surface area contributed by atoms with Crippen LogP contribution in [0.4, 0.5) is 14.9 Å². The second kappa shape index (κ2) is 8.31. The number of halogens is 1. The molecule has 3 aliphatic heterocycles. The average Bonchev–Trinajstić information content (AvgIpc) is 3.23. The molecular formula is C24H30FN2O2S+. The summed E-state index contributed by atoms with van der Waals surface area (Å²) in [4.78, 5) is 14.9. The number of carbonyl (C=O) groups excluding carboxylic acids is 1. The first-order chi connectivity index (χ1) is 14.6. The van der Waals surface area contributed by atoms with Crippen LogP contribution in [0.3, 0.4) is 0 Å². The maximum absolute atomic E-state index is 13.9. The minimum absolute atomic E-state index is 0.0291. The van der Waals surface area contributed by atoms with Crippen molar-refractivity contribution in [2.75, 3.05) is 31.1 Å². The first-order valence-electron chi connectivity index (χ1n) is 11.2. The zero-order chi connectivity index (χ0) is 20.6. The van der Waals surface area contributed by atoms with E-state index in [1.807, 2.05) is 16.8 Å². The number of nitrogens with zero attached hydrogens (tertiary/aromatic N) is 2. The zero-order valence-electron chi connectivity index (χ0n) is 17.3. The van der Waals surface area contributed by atoms with Crippen molar-refractivity contribution >= 4 is 23.1 Å². The second-order valence-corrected chi connectivity index (χ2v) is 10.2. The Morgan fingerprint density at radius 2 is 2.03 bits per heavy atom. The normalized spacial score (nSPS) is 28.2. The second-order valence-electron chi connectivity index (χ2n) is 9.41. The van der Waals surface area contributed by atoms with Crippen LogP contribution in [0.25, 0.3) is 0 Å². The Morgan fingerprint density at radius 3 is 2.70 bits per heavy atom. The molecule has 0 N–H and O–H groups in total. The van der Waals surface area contributed by atoms with Gasteiger partial charge in [0.05, 0.1) is 31.9 Å². The molecule has 4 nitrogen and oxygen atoms in total. The summed E-state index contributed by atoms with van der Waals surface area (Å²) in [6.07, 6.45) is 6.01. The predicted molar refractivity (Wildman–Crippen MR) is 117 cm³/mol. The van der Waals surface area contributed by atoms with E-state index in [9.17, 15) is 9.18 Å². The van der Waals surface area contributed by atoms with E-state index in [1.165, 1.54) is 51.0 Å². The van der Waals surface area contributed by atoms with Crippen molar-refractivity contribution in [2.45, 2.75) is 44.8 Å². The maximum Gasteiger partial charge on any atom is 0.415 e. The number of ether oxygens (including phenoxy) is 1. The summed E-state index contributed by atoms with van der Waals surface area (Å²) >= 11 is 1.59. The van der Waals surface area contributed by atoms with Crippen LogP contribution in [-0.4, -0.2) is 42.9 Å². The van der Waals surface area contributed by atoms with Crippen molar-refractivity contribution in [1.82, 2.24) is 0 Å². The number of hydrogen-bond acceptors (Lipinski definition) is 3. The lowest BCUT2D eigenvalue weighted by molar-refractivity contribution is -0.949. The van der Waals surface area contributed by atoms with Crippen LogP contribution < -0.4 is 4.90 Å². The van der Waals surface area contributed by atoms with Crippen molar-refractivity contribution in [2.24, 2.45) is 11.8 Å². The average molecular weight is 430 g/mol. The van der Waals surface area contributed by atoms with E-state index in [2.05, 4.69) is 0 Å². The van der Waals surface area contributed by atoms with Gasteiger partial charge in [0, 0.05) is 24.7 Å². The molecule has 0 spiro atoms. The summed E-state index contributed by atoms with van der Waals surface area (Å²) in [7, 11) is 0. The molecule has 1 aliphatic carbocycles. The molecule has 4 heterocycles. The number of thiophene rings is 1. The van der Waals surface area contributed by atoms with Crippen LogP contribution in [0.1, 0.15) is 37.7 Å².